The van der Waals surface area contributed by atoms with Gasteiger partial charge in [-0.25, -0.2) is 0 Å². The van der Waals surface area contributed by atoms with Gasteiger partial charge in [0.2, 0.25) is 0 Å². The lowest BCUT2D eigenvalue weighted by molar-refractivity contribution is -0.142. The Labute approximate surface area is 210 Å². The summed E-state index contributed by atoms with van der Waals surface area (Å²) in [4.78, 5) is 49.7. The fourth-order valence-corrected chi connectivity index (χ4v) is 0.873. The summed E-state index contributed by atoms with van der Waals surface area (Å²) in [5.41, 5.74) is 0. The van der Waals surface area contributed by atoms with E-state index in [0.717, 1.165) is 32.1 Å². The Bertz CT molecular complexity index is 458. The number of aliphatic carboxylic acids is 5. The van der Waals surface area contributed by atoms with Gasteiger partial charge in [0.05, 0.1) is 29.6 Å². The summed E-state index contributed by atoms with van der Waals surface area (Å²) in [5, 5.41) is 40.9. The third-order valence-electron chi connectivity index (χ3n) is 5.17. The first-order valence-corrected chi connectivity index (χ1v) is 12.0. The predicted octanol–water partition coefficient (Wildman–Crippen LogP) is 5.59. The minimum Gasteiger partial charge on any atom is -0.481 e. The van der Waals surface area contributed by atoms with Crippen LogP contribution in [0.5, 0.6) is 0 Å². The van der Waals surface area contributed by atoms with Gasteiger partial charge in [0, 0.05) is 0 Å². The van der Waals surface area contributed by atoms with Crippen molar-refractivity contribution >= 4 is 29.8 Å². The fraction of sp³-hybridized carbons (Fsp3) is 0.800. The monoisotopic (exact) mass is 510 g/mol. The largest absolute Gasteiger partial charge is 0.481 e. The molecule has 0 fully saturated rings. The molecular weight excluding hydrogens is 460 g/mol. The van der Waals surface area contributed by atoms with Crippen molar-refractivity contribution in [3.05, 3.63) is 0 Å². The summed E-state index contributed by atoms with van der Waals surface area (Å²) < 4.78 is 0. The molecule has 0 amide bonds. The summed E-state index contributed by atoms with van der Waals surface area (Å²) in [7, 11) is 0. The van der Waals surface area contributed by atoms with Crippen molar-refractivity contribution in [3.8, 4) is 0 Å². The number of hydrogen-bond acceptors (Lipinski definition) is 5. The van der Waals surface area contributed by atoms with Crippen LogP contribution in [0.4, 0.5) is 0 Å². The van der Waals surface area contributed by atoms with Crippen molar-refractivity contribution < 1.29 is 49.5 Å². The smallest absolute Gasteiger partial charge is 0.306 e. The van der Waals surface area contributed by atoms with Gasteiger partial charge in [-0.1, -0.05) is 69.2 Å². The predicted molar refractivity (Wildman–Crippen MR) is 135 cm³/mol. The van der Waals surface area contributed by atoms with E-state index < -0.39 is 29.8 Å². The molecule has 0 aromatic rings. The van der Waals surface area contributed by atoms with Crippen LogP contribution in [0.15, 0.2) is 0 Å². The zero-order valence-electron chi connectivity index (χ0n) is 23.2. The van der Waals surface area contributed by atoms with Crippen molar-refractivity contribution in [3.63, 3.8) is 0 Å². The number of carboxylic acids is 5. The Balaban J connectivity index is -0.000000107. The summed E-state index contributed by atoms with van der Waals surface area (Å²) in [6.07, 6.45) is 3.59. The van der Waals surface area contributed by atoms with Crippen molar-refractivity contribution in [1.29, 1.82) is 0 Å². The van der Waals surface area contributed by atoms with Crippen LogP contribution in [0, 0.1) is 29.6 Å². The van der Waals surface area contributed by atoms with Crippen LogP contribution in [0.1, 0.15) is 101 Å². The van der Waals surface area contributed by atoms with Gasteiger partial charge in [0.1, 0.15) is 0 Å². The highest BCUT2D eigenvalue weighted by atomic mass is 16.4. The summed E-state index contributed by atoms with van der Waals surface area (Å²) >= 11 is 0. The van der Waals surface area contributed by atoms with Crippen molar-refractivity contribution in [2.24, 2.45) is 29.6 Å². The first-order chi connectivity index (χ1) is 15.9. The average molecular weight is 511 g/mol. The van der Waals surface area contributed by atoms with Gasteiger partial charge in [-0.3, -0.25) is 24.0 Å². The molecule has 0 heterocycles. The minimum absolute atomic E-state index is 0.181. The molecule has 0 aliphatic heterocycles. The molecule has 0 saturated heterocycles. The molecule has 0 rings (SSSR count). The standard InChI is InChI=1S/5C5H10O2/c5*1-3-4(2)5(6)7/h5*4H,3H2,1-2H3,(H,6,7). The van der Waals surface area contributed by atoms with Crippen LogP contribution in [-0.2, 0) is 24.0 Å². The van der Waals surface area contributed by atoms with Crippen LogP contribution < -0.4 is 0 Å². The lowest BCUT2D eigenvalue weighted by atomic mass is 10.1. The number of rotatable bonds is 10. The van der Waals surface area contributed by atoms with Gasteiger partial charge in [0.25, 0.3) is 0 Å². The minimum atomic E-state index is -0.706. The third kappa shape index (κ3) is 36.1. The van der Waals surface area contributed by atoms with E-state index in [2.05, 4.69) is 0 Å². The molecule has 0 radical (unpaired) electrons. The summed E-state index contributed by atoms with van der Waals surface area (Å²) in [6.45, 7) is 17.8. The molecule has 210 valence electrons. The molecule has 0 spiro atoms. The van der Waals surface area contributed by atoms with Crippen LogP contribution in [-0.4, -0.2) is 55.4 Å². The molecule has 35 heavy (non-hydrogen) atoms. The topological polar surface area (TPSA) is 186 Å². The highest BCUT2D eigenvalue weighted by molar-refractivity contribution is 5.70. The average Bonchev–Trinajstić information content (AvgIpc) is 2.82. The maximum Gasteiger partial charge on any atom is 0.306 e. The second kappa shape index (κ2) is 27.6. The third-order valence-corrected chi connectivity index (χ3v) is 5.17. The highest BCUT2D eigenvalue weighted by Crippen LogP contribution is 1.99. The van der Waals surface area contributed by atoms with Gasteiger partial charge in [0.15, 0.2) is 0 Å². The zero-order chi connectivity index (χ0) is 29.3. The molecule has 10 nitrogen and oxygen atoms in total. The van der Waals surface area contributed by atoms with Gasteiger partial charge in [-0.15, -0.1) is 0 Å². The summed E-state index contributed by atoms with van der Waals surface area (Å²) in [6, 6.07) is 0. The molecule has 10 heteroatoms. The van der Waals surface area contributed by atoms with Crippen LogP contribution in [0.2, 0.25) is 0 Å². The van der Waals surface area contributed by atoms with E-state index in [1.54, 1.807) is 34.6 Å². The van der Waals surface area contributed by atoms with E-state index in [1.807, 2.05) is 34.6 Å². The molecule has 5 N–H and O–H groups in total. The SMILES string of the molecule is CCC(C)C(=O)O.CCC(C)C(=O)O.CCC(C)C(=O)O.CCC(C)C(=O)O.CCC(C)C(=O)O. The molecule has 0 aliphatic carbocycles. The van der Waals surface area contributed by atoms with Gasteiger partial charge >= 0.3 is 29.8 Å². The van der Waals surface area contributed by atoms with E-state index >= 15 is 0 Å². The number of carboxylic acid groups (broad SMARTS) is 5. The second-order valence-corrected chi connectivity index (χ2v) is 8.24. The van der Waals surface area contributed by atoms with E-state index in [0.29, 0.717) is 0 Å². The van der Waals surface area contributed by atoms with E-state index in [4.69, 9.17) is 25.5 Å². The lowest BCUT2D eigenvalue weighted by Crippen LogP contribution is -2.06. The molecular formula is C25H50O10. The molecule has 5 atom stereocenters. The Kier molecular flexibility index (Phi) is 33.5. The van der Waals surface area contributed by atoms with Crippen molar-refractivity contribution in [2.45, 2.75) is 101 Å². The molecule has 0 saturated carbocycles. The summed E-state index contributed by atoms with van der Waals surface area (Å²) in [5.74, 6) is -4.43. The van der Waals surface area contributed by atoms with E-state index in [9.17, 15) is 24.0 Å². The Hall–Kier alpha value is -2.65. The Morgan fingerprint density at radius 1 is 0.371 bits per heavy atom. The molecule has 0 aromatic heterocycles. The molecule has 5 unspecified atom stereocenters. The van der Waals surface area contributed by atoms with Crippen LogP contribution >= 0.6 is 0 Å². The molecule has 0 aliphatic rings. The zero-order valence-corrected chi connectivity index (χ0v) is 23.2. The van der Waals surface area contributed by atoms with Crippen LogP contribution in [0.25, 0.3) is 0 Å². The second-order valence-electron chi connectivity index (χ2n) is 8.24. The van der Waals surface area contributed by atoms with Gasteiger partial charge < -0.3 is 25.5 Å². The van der Waals surface area contributed by atoms with E-state index in [1.165, 1.54) is 0 Å². The number of hydrogen-bond donors (Lipinski definition) is 5. The Morgan fingerprint density at radius 2 is 0.457 bits per heavy atom. The molecule has 0 aromatic carbocycles. The quantitative estimate of drug-likeness (QED) is 0.248. The normalized spacial score (nSPS) is 13.4. The van der Waals surface area contributed by atoms with E-state index in [-0.39, 0.29) is 29.6 Å². The van der Waals surface area contributed by atoms with Crippen molar-refractivity contribution in [2.75, 3.05) is 0 Å². The van der Waals surface area contributed by atoms with Crippen molar-refractivity contribution in [1.82, 2.24) is 0 Å². The molecule has 0 bridgehead atoms. The van der Waals surface area contributed by atoms with Crippen LogP contribution in [0.3, 0.4) is 0 Å². The first kappa shape index (κ1) is 42.5. The number of carbonyl (C=O) groups is 5. The Morgan fingerprint density at radius 3 is 0.457 bits per heavy atom. The highest BCUT2D eigenvalue weighted by Gasteiger charge is 2.07. The fourth-order valence-electron chi connectivity index (χ4n) is 0.873. The van der Waals surface area contributed by atoms with Gasteiger partial charge in [-0.05, 0) is 32.1 Å². The van der Waals surface area contributed by atoms with Gasteiger partial charge in [-0.2, -0.15) is 0 Å². The maximum absolute atomic E-state index is 9.93. The first-order valence-electron chi connectivity index (χ1n) is 12.0. The lowest BCUT2D eigenvalue weighted by Gasteiger charge is -1.96. The maximum atomic E-state index is 9.93.